The normalized spacial score (nSPS) is 11.1. The first-order valence-corrected chi connectivity index (χ1v) is 5.54. The Morgan fingerprint density at radius 1 is 1.00 bits per heavy atom. The lowest BCUT2D eigenvalue weighted by atomic mass is 10.0. The lowest BCUT2D eigenvalue weighted by molar-refractivity contribution is 0.458. The summed E-state index contributed by atoms with van der Waals surface area (Å²) in [5.74, 6) is 0.838. The zero-order valence-corrected chi connectivity index (χ0v) is 9.11. The molecule has 0 aliphatic carbocycles. The first-order valence-electron chi connectivity index (χ1n) is 5.54. The van der Waals surface area contributed by atoms with Crippen molar-refractivity contribution in [1.29, 1.82) is 0 Å². The van der Waals surface area contributed by atoms with Gasteiger partial charge in [0.15, 0.2) is 0 Å². The average molecular weight is 189 g/mol. The van der Waals surface area contributed by atoms with Crippen LogP contribution in [0.25, 0.3) is 0 Å². The zero-order valence-electron chi connectivity index (χ0n) is 9.11. The maximum Gasteiger partial charge on any atom is 0.102 e. The molecule has 0 aromatic heterocycles. The van der Waals surface area contributed by atoms with Crippen molar-refractivity contribution in [3.63, 3.8) is 0 Å². The monoisotopic (exact) mass is 189 g/mol. The van der Waals surface area contributed by atoms with E-state index in [2.05, 4.69) is 19.2 Å². The molecule has 13 heavy (non-hydrogen) atoms. The van der Waals surface area contributed by atoms with Gasteiger partial charge in [-0.25, -0.2) is 4.39 Å². The third-order valence-corrected chi connectivity index (χ3v) is 2.16. The van der Waals surface area contributed by atoms with Crippen LogP contribution in [0.4, 0.5) is 4.39 Å². The highest BCUT2D eigenvalue weighted by Gasteiger charge is 1.94. The fourth-order valence-corrected chi connectivity index (χ4v) is 1.35. The zero-order chi connectivity index (χ0) is 9.94. The molecule has 0 unspecified atom stereocenters. The molecule has 0 aliphatic rings. The summed E-state index contributed by atoms with van der Waals surface area (Å²) in [5.41, 5.74) is 0. The van der Waals surface area contributed by atoms with Gasteiger partial charge in [-0.2, -0.15) is 0 Å². The van der Waals surface area contributed by atoms with Crippen molar-refractivity contribution in [2.45, 2.75) is 46.0 Å². The number of nitrogens with one attached hydrogen (secondary N) is 1. The summed E-state index contributed by atoms with van der Waals surface area (Å²) in [6.45, 7) is 5.79. The quantitative estimate of drug-likeness (QED) is 0.549. The topological polar surface area (TPSA) is 12.0 Å². The highest BCUT2D eigenvalue weighted by molar-refractivity contribution is 4.50. The summed E-state index contributed by atoms with van der Waals surface area (Å²) in [6, 6.07) is 0. The molecule has 0 aliphatic heterocycles. The van der Waals surface area contributed by atoms with E-state index in [-0.39, 0.29) is 6.67 Å². The Balaban J connectivity index is 2.84. The van der Waals surface area contributed by atoms with Gasteiger partial charge in [0, 0.05) is 6.54 Å². The molecule has 1 N–H and O–H groups in total. The van der Waals surface area contributed by atoms with Gasteiger partial charge in [-0.05, 0) is 18.9 Å². The van der Waals surface area contributed by atoms with Gasteiger partial charge in [0.1, 0.15) is 6.67 Å². The Kier molecular flexibility index (Phi) is 9.89. The SMILES string of the molecule is CC(C)CCCCCCNCCF. The Labute approximate surface area is 82.1 Å². The highest BCUT2D eigenvalue weighted by atomic mass is 19.1. The van der Waals surface area contributed by atoms with Gasteiger partial charge >= 0.3 is 0 Å². The fourth-order valence-electron chi connectivity index (χ4n) is 1.35. The van der Waals surface area contributed by atoms with Crippen LogP contribution in [0, 0.1) is 5.92 Å². The smallest absolute Gasteiger partial charge is 0.102 e. The molecule has 80 valence electrons. The van der Waals surface area contributed by atoms with E-state index in [1.807, 2.05) is 0 Å². The second-order valence-electron chi connectivity index (χ2n) is 4.04. The first kappa shape index (κ1) is 12.9. The van der Waals surface area contributed by atoms with E-state index >= 15 is 0 Å². The van der Waals surface area contributed by atoms with E-state index in [4.69, 9.17) is 0 Å². The van der Waals surface area contributed by atoms with E-state index < -0.39 is 0 Å². The maximum atomic E-state index is 11.6. The largest absolute Gasteiger partial charge is 0.314 e. The molecule has 0 radical (unpaired) electrons. The highest BCUT2D eigenvalue weighted by Crippen LogP contribution is 2.08. The van der Waals surface area contributed by atoms with Crippen LogP contribution in [-0.4, -0.2) is 19.8 Å². The van der Waals surface area contributed by atoms with Gasteiger partial charge in [0.25, 0.3) is 0 Å². The van der Waals surface area contributed by atoms with Gasteiger partial charge in [-0.3, -0.25) is 0 Å². The summed E-state index contributed by atoms with van der Waals surface area (Å²) < 4.78 is 11.6. The number of halogens is 1. The van der Waals surface area contributed by atoms with Crippen LogP contribution < -0.4 is 5.32 Å². The molecule has 0 atom stereocenters. The van der Waals surface area contributed by atoms with E-state index in [9.17, 15) is 4.39 Å². The number of alkyl halides is 1. The Morgan fingerprint density at radius 2 is 1.69 bits per heavy atom. The molecule has 0 aromatic rings. The van der Waals surface area contributed by atoms with Crippen molar-refractivity contribution in [1.82, 2.24) is 5.32 Å². The van der Waals surface area contributed by atoms with E-state index in [0.29, 0.717) is 6.54 Å². The summed E-state index contributed by atoms with van der Waals surface area (Å²) in [5, 5.41) is 3.06. The van der Waals surface area contributed by atoms with Gasteiger partial charge in [-0.15, -0.1) is 0 Å². The van der Waals surface area contributed by atoms with Crippen molar-refractivity contribution >= 4 is 0 Å². The molecule has 0 rings (SSSR count). The van der Waals surface area contributed by atoms with Crippen LogP contribution in [0.1, 0.15) is 46.0 Å². The molecule has 1 nitrogen and oxygen atoms in total. The van der Waals surface area contributed by atoms with Crippen molar-refractivity contribution in [3.05, 3.63) is 0 Å². The lowest BCUT2D eigenvalue weighted by Crippen LogP contribution is -2.17. The molecule has 0 saturated heterocycles. The van der Waals surface area contributed by atoms with Crippen molar-refractivity contribution in [2.75, 3.05) is 19.8 Å². The van der Waals surface area contributed by atoms with Gasteiger partial charge < -0.3 is 5.32 Å². The molecule has 2 heteroatoms. The first-order chi connectivity index (χ1) is 6.27. The summed E-state index contributed by atoms with van der Waals surface area (Å²) in [4.78, 5) is 0. The molecule has 0 heterocycles. The number of hydrogen-bond donors (Lipinski definition) is 1. The van der Waals surface area contributed by atoms with E-state index in [1.165, 1.54) is 32.1 Å². The van der Waals surface area contributed by atoms with Crippen LogP contribution in [-0.2, 0) is 0 Å². The van der Waals surface area contributed by atoms with Crippen LogP contribution >= 0.6 is 0 Å². The van der Waals surface area contributed by atoms with Gasteiger partial charge in [0.2, 0.25) is 0 Å². The average Bonchev–Trinajstić information content (AvgIpc) is 2.09. The molecule has 0 fully saturated rings. The molecule has 0 spiro atoms. The predicted molar refractivity (Wildman–Crippen MR) is 56.8 cm³/mol. The minimum Gasteiger partial charge on any atom is -0.314 e. The van der Waals surface area contributed by atoms with Crippen molar-refractivity contribution in [2.24, 2.45) is 5.92 Å². The molecule has 0 amide bonds. The summed E-state index contributed by atoms with van der Waals surface area (Å²) in [6.07, 6.45) is 6.50. The third-order valence-electron chi connectivity index (χ3n) is 2.16. The second kappa shape index (κ2) is 9.97. The Hall–Kier alpha value is -0.110. The predicted octanol–water partition coefficient (Wildman–Crippen LogP) is 3.15. The molecule has 0 aromatic carbocycles. The fraction of sp³-hybridized carbons (Fsp3) is 1.00. The lowest BCUT2D eigenvalue weighted by Gasteiger charge is -2.04. The summed E-state index contributed by atoms with van der Waals surface area (Å²) in [7, 11) is 0. The van der Waals surface area contributed by atoms with Crippen molar-refractivity contribution < 1.29 is 4.39 Å². The van der Waals surface area contributed by atoms with E-state index in [1.54, 1.807) is 0 Å². The van der Waals surface area contributed by atoms with Gasteiger partial charge in [-0.1, -0.05) is 39.5 Å². The van der Waals surface area contributed by atoms with E-state index in [0.717, 1.165) is 12.5 Å². The van der Waals surface area contributed by atoms with Crippen LogP contribution in [0.2, 0.25) is 0 Å². The minimum absolute atomic E-state index is 0.243. The number of hydrogen-bond acceptors (Lipinski definition) is 1. The number of rotatable bonds is 9. The second-order valence-corrected chi connectivity index (χ2v) is 4.04. The van der Waals surface area contributed by atoms with Crippen molar-refractivity contribution in [3.8, 4) is 0 Å². The molecule has 0 saturated carbocycles. The molecular formula is C11H24FN. The van der Waals surface area contributed by atoms with Crippen LogP contribution in [0.5, 0.6) is 0 Å². The number of unbranched alkanes of at least 4 members (excludes halogenated alkanes) is 3. The molecular weight excluding hydrogens is 165 g/mol. The third kappa shape index (κ3) is 11.9. The molecule has 0 bridgehead atoms. The van der Waals surface area contributed by atoms with Crippen LogP contribution in [0.15, 0.2) is 0 Å². The summed E-state index contributed by atoms with van der Waals surface area (Å²) >= 11 is 0. The Morgan fingerprint density at radius 3 is 2.31 bits per heavy atom. The van der Waals surface area contributed by atoms with Gasteiger partial charge in [0.05, 0.1) is 0 Å². The minimum atomic E-state index is -0.243. The maximum absolute atomic E-state index is 11.6. The van der Waals surface area contributed by atoms with Crippen LogP contribution in [0.3, 0.4) is 0 Å². The Bertz CT molecular complexity index is 94.1. The standard InChI is InChI=1S/C11H24FN/c1-11(2)7-5-3-4-6-9-13-10-8-12/h11,13H,3-10H2,1-2H3.